The van der Waals surface area contributed by atoms with Gasteiger partial charge in [0.05, 0.1) is 26.3 Å². The summed E-state index contributed by atoms with van der Waals surface area (Å²) < 4.78 is 6.53. The fraction of sp³-hybridized carbons (Fsp3) is 0. The first-order valence-electron chi connectivity index (χ1n) is 5.47. The molecule has 3 rings (SSSR count). The monoisotopic (exact) mass is 390 g/mol. The van der Waals surface area contributed by atoms with Gasteiger partial charge in [-0.3, -0.25) is 0 Å². The molecule has 0 aliphatic carbocycles. The molecule has 7 heteroatoms. The highest BCUT2D eigenvalue weighted by atomic mass is 79.9. The average molecular weight is 392 g/mol. The third-order valence-corrected chi connectivity index (χ3v) is 4.29. The van der Waals surface area contributed by atoms with Crippen molar-refractivity contribution in [3.05, 3.63) is 43.8 Å². The van der Waals surface area contributed by atoms with Crippen LogP contribution in [0.15, 0.2) is 33.2 Å². The highest BCUT2D eigenvalue weighted by Crippen LogP contribution is 2.38. The highest BCUT2D eigenvalue weighted by molar-refractivity contribution is 9.10. The number of oxazole rings is 1. The Bertz CT molecular complexity index is 832. The Labute approximate surface area is 137 Å². The second-order valence-corrected chi connectivity index (χ2v) is 6.18. The van der Waals surface area contributed by atoms with Gasteiger partial charge in [0, 0.05) is 10.5 Å². The molecule has 20 heavy (non-hydrogen) atoms. The largest absolute Gasteiger partial charge is 0.436 e. The van der Waals surface area contributed by atoms with E-state index in [-0.39, 0.29) is 10.7 Å². The zero-order valence-electron chi connectivity index (χ0n) is 9.75. The smallest absolute Gasteiger partial charge is 0.228 e. The first-order valence-corrected chi connectivity index (χ1v) is 7.39. The molecule has 102 valence electrons. The summed E-state index contributed by atoms with van der Waals surface area (Å²) in [7, 11) is 0. The molecule has 0 saturated heterocycles. The molecule has 0 aliphatic heterocycles. The Balaban J connectivity index is 2.28. The number of aromatic nitrogens is 1. The van der Waals surface area contributed by atoms with Crippen LogP contribution in [0.2, 0.25) is 15.1 Å². The summed E-state index contributed by atoms with van der Waals surface area (Å²) in [5.41, 5.74) is 7.62. The number of hydrogen-bond donors (Lipinski definition) is 1. The summed E-state index contributed by atoms with van der Waals surface area (Å²) in [6, 6.07) is 6.97. The molecule has 2 aromatic carbocycles. The molecular formula is C13H6BrCl3N2O. The van der Waals surface area contributed by atoms with Crippen LogP contribution in [0.5, 0.6) is 0 Å². The quantitative estimate of drug-likeness (QED) is 0.533. The zero-order valence-corrected chi connectivity index (χ0v) is 13.6. The standard InChI is InChI=1S/C13H6BrCl3N2O/c14-5-1-2-7(15)6(3-5)13-19-12-9(20-13)4-8(16)11(18)10(12)17/h1-4H,18H2. The normalized spacial score (nSPS) is 11.2. The van der Waals surface area contributed by atoms with Gasteiger partial charge in [-0.2, -0.15) is 0 Å². The first-order chi connectivity index (χ1) is 9.47. The fourth-order valence-corrected chi connectivity index (χ4v) is 2.83. The molecule has 0 radical (unpaired) electrons. The maximum atomic E-state index is 6.16. The van der Waals surface area contributed by atoms with Crippen molar-refractivity contribution < 1.29 is 4.42 Å². The number of nitrogen functional groups attached to an aromatic ring is 1. The van der Waals surface area contributed by atoms with Crippen molar-refractivity contribution in [1.82, 2.24) is 4.98 Å². The van der Waals surface area contributed by atoms with Gasteiger partial charge < -0.3 is 10.2 Å². The third kappa shape index (κ3) is 2.27. The molecule has 0 saturated carbocycles. The maximum Gasteiger partial charge on any atom is 0.228 e. The molecule has 3 nitrogen and oxygen atoms in total. The Morgan fingerprint density at radius 3 is 2.60 bits per heavy atom. The van der Waals surface area contributed by atoms with Gasteiger partial charge in [-0.15, -0.1) is 0 Å². The summed E-state index contributed by atoms with van der Waals surface area (Å²) in [6.07, 6.45) is 0. The minimum absolute atomic E-state index is 0.272. The lowest BCUT2D eigenvalue weighted by Gasteiger charge is -1.99. The van der Waals surface area contributed by atoms with Crippen molar-refractivity contribution in [3.8, 4) is 11.5 Å². The molecule has 1 aromatic heterocycles. The zero-order chi connectivity index (χ0) is 14.4. The Morgan fingerprint density at radius 2 is 1.85 bits per heavy atom. The van der Waals surface area contributed by atoms with Crippen LogP contribution in [0.3, 0.4) is 0 Å². The number of anilines is 1. The highest BCUT2D eigenvalue weighted by Gasteiger charge is 2.17. The predicted molar refractivity (Wildman–Crippen MR) is 86.6 cm³/mol. The van der Waals surface area contributed by atoms with Crippen molar-refractivity contribution >= 4 is 67.5 Å². The molecule has 0 atom stereocenters. The number of hydrogen-bond acceptors (Lipinski definition) is 3. The minimum Gasteiger partial charge on any atom is -0.436 e. The summed E-state index contributed by atoms with van der Waals surface area (Å²) >= 11 is 21.6. The lowest BCUT2D eigenvalue weighted by molar-refractivity contribution is 0.620. The van der Waals surface area contributed by atoms with E-state index in [9.17, 15) is 0 Å². The van der Waals surface area contributed by atoms with Crippen LogP contribution in [-0.4, -0.2) is 4.98 Å². The average Bonchev–Trinajstić information content (AvgIpc) is 2.83. The molecule has 0 fully saturated rings. The molecule has 0 spiro atoms. The van der Waals surface area contributed by atoms with Gasteiger partial charge in [-0.1, -0.05) is 50.7 Å². The second-order valence-electron chi connectivity index (χ2n) is 4.08. The van der Waals surface area contributed by atoms with Gasteiger partial charge in [0.15, 0.2) is 5.58 Å². The molecular weight excluding hydrogens is 386 g/mol. The van der Waals surface area contributed by atoms with Crippen LogP contribution in [0.25, 0.3) is 22.6 Å². The number of benzene rings is 2. The van der Waals surface area contributed by atoms with Crippen LogP contribution < -0.4 is 5.73 Å². The molecule has 0 bridgehead atoms. The molecule has 1 heterocycles. The number of nitrogens with zero attached hydrogens (tertiary/aromatic N) is 1. The third-order valence-electron chi connectivity index (χ3n) is 2.77. The van der Waals surface area contributed by atoms with Gasteiger partial charge in [0.1, 0.15) is 5.52 Å². The lowest BCUT2D eigenvalue weighted by Crippen LogP contribution is -1.88. The second kappa shape index (κ2) is 5.11. The number of halogens is 4. The van der Waals surface area contributed by atoms with Crippen LogP contribution in [0, 0.1) is 0 Å². The van der Waals surface area contributed by atoms with Crippen molar-refractivity contribution in [2.45, 2.75) is 0 Å². The van der Waals surface area contributed by atoms with Crippen molar-refractivity contribution in [2.75, 3.05) is 5.73 Å². The summed E-state index contributed by atoms with van der Waals surface area (Å²) in [5.74, 6) is 0.356. The van der Waals surface area contributed by atoms with Crippen LogP contribution in [-0.2, 0) is 0 Å². The van der Waals surface area contributed by atoms with E-state index in [1.807, 2.05) is 12.1 Å². The molecule has 3 aromatic rings. The van der Waals surface area contributed by atoms with Gasteiger partial charge >= 0.3 is 0 Å². The van der Waals surface area contributed by atoms with E-state index in [1.165, 1.54) is 0 Å². The van der Waals surface area contributed by atoms with Crippen molar-refractivity contribution in [3.63, 3.8) is 0 Å². The van der Waals surface area contributed by atoms with Gasteiger partial charge in [0.25, 0.3) is 0 Å². The van der Waals surface area contributed by atoms with Gasteiger partial charge in [-0.05, 0) is 18.2 Å². The lowest BCUT2D eigenvalue weighted by atomic mass is 10.2. The minimum atomic E-state index is 0.272. The maximum absolute atomic E-state index is 6.16. The Hall–Kier alpha value is -0.940. The Morgan fingerprint density at radius 1 is 1.10 bits per heavy atom. The Kier molecular flexibility index (Phi) is 3.58. The van der Waals surface area contributed by atoms with E-state index >= 15 is 0 Å². The van der Waals surface area contributed by atoms with Crippen molar-refractivity contribution in [2.24, 2.45) is 0 Å². The number of rotatable bonds is 1. The van der Waals surface area contributed by atoms with Gasteiger partial charge in [0.2, 0.25) is 5.89 Å². The van der Waals surface area contributed by atoms with Crippen LogP contribution in [0.4, 0.5) is 5.69 Å². The SMILES string of the molecule is Nc1c(Cl)cc2oc(-c3cc(Br)ccc3Cl)nc2c1Cl. The molecule has 0 unspecified atom stereocenters. The molecule has 0 aliphatic rings. The van der Waals surface area contributed by atoms with E-state index < -0.39 is 0 Å². The summed E-state index contributed by atoms with van der Waals surface area (Å²) in [6.45, 7) is 0. The fourth-order valence-electron chi connectivity index (χ4n) is 1.79. The van der Waals surface area contributed by atoms with E-state index in [0.29, 0.717) is 32.6 Å². The summed E-state index contributed by atoms with van der Waals surface area (Å²) in [4.78, 5) is 4.34. The number of nitrogens with two attached hydrogens (primary N) is 1. The van der Waals surface area contributed by atoms with E-state index in [2.05, 4.69) is 20.9 Å². The predicted octanol–water partition coefficient (Wildman–Crippen LogP) is 5.80. The van der Waals surface area contributed by atoms with Crippen LogP contribution >= 0.6 is 50.7 Å². The van der Waals surface area contributed by atoms with Crippen LogP contribution in [0.1, 0.15) is 0 Å². The van der Waals surface area contributed by atoms with Gasteiger partial charge in [-0.25, -0.2) is 4.98 Å². The molecule has 0 amide bonds. The summed E-state index contributed by atoms with van der Waals surface area (Å²) in [5, 5.41) is 1.12. The topological polar surface area (TPSA) is 52.0 Å². The molecule has 2 N–H and O–H groups in total. The number of fused-ring (bicyclic) bond motifs is 1. The van der Waals surface area contributed by atoms with E-state index in [4.69, 9.17) is 45.0 Å². The van der Waals surface area contributed by atoms with E-state index in [0.717, 1.165) is 4.47 Å². The van der Waals surface area contributed by atoms with Crippen molar-refractivity contribution in [1.29, 1.82) is 0 Å². The first kappa shape index (κ1) is 14.0. The van der Waals surface area contributed by atoms with E-state index in [1.54, 1.807) is 12.1 Å².